The monoisotopic (exact) mass is 426 g/mol. The smallest absolute Gasteiger partial charge is 0.128 e. The van der Waals surface area contributed by atoms with Crippen molar-refractivity contribution < 1.29 is 4.74 Å². The van der Waals surface area contributed by atoms with Gasteiger partial charge in [0, 0.05) is 41.4 Å². The number of thioether (sulfide) groups is 1. The van der Waals surface area contributed by atoms with E-state index in [9.17, 15) is 0 Å². The van der Waals surface area contributed by atoms with Crippen molar-refractivity contribution in [2.45, 2.75) is 46.5 Å². The number of methoxy groups -OCH3 is 1. The Labute approximate surface area is 188 Å². The lowest BCUT2D eigenvalue weighted by molar-refractivity contribution is 0.414. The number of rotatable bonds is 12. The number of nitrogens with zero attached hydrogens (tertiary/aromatic N) is 2. The summed E-state index contributed by atoms with van der Waals surface area (Å²) in [4.78, 5) is 3.39. The number of allylic oxidation sites excluding steroid dienone is 5. The first-order chi connectivity index (χ1) is 14.6. The van der Waals surface area contributed by atoms with Crippen LogP contribution in [0.25, 0.3) is 6.08 Å². The molecule has 0 radical (unpaired) electrons. The Balaban J connectivity index is 0.000000890. The summed E-state index contributed by atoms with van der Waals surface area (Å²) in [5.74, 6) is 0.941. The summed E-state index contributed by atoms with van der Waals surface area (Å²) in [7, 11) is 1.74. The Morgan fingerprint density at radius 3 is 2.37 bits per heavy atom. The molecular weight excluding hydrogens is 388 g/mol. The summed E-state index contributed by atoms with van der Waals surface area (Å²) in [5, 5.41) is 8.02. The molecule has 164 valence electrons. The number of hydrogen-bond donors (Lipinski definition) is 0. The Bertz CT molecular complexity index is 721. The number of benzene rings is 1. The van der Waals surface area contributed by atoms with Gasteiger partial charge < -0.3 is 9.64 Å². The Hall–Kier alpha value is -2.38. The van der Waals surface area contributed by atoms with Crippen LogP contribution in [0.2, 0.25) is 0 Å². The highest BCUT2D eigenvalue weighted by Crippen LogP contribution is 2.27. The molecule has 0 atom stereocenters. The maximum atomic E-state index is 8.02. The second-order valence-electron chi connectivity index (χ2n) is 6.64. The summed E-state index contributed by atoms with van der Waals surface area (Å²) in [6.07, 6.45) is 18.1. The molecule has 0 unspecified atom stereocenters. The first-order valence-corrected chi connectivity index (χ1v) is 11.8. The van der Waals surface area contributed by atoms with Gasteiger partial charge in [0.05, 0.1) is 13.2 Å². The topological polar surface area (TPSA) is 36.3 Å². The van der Waals surface area contributed by atoms with E-state index in [1.807, 2.05) is 37.5 Å². The molecule has 0 spiro atoms. The van der Waals surface area contributed by atoms with Crippen molar-refractivity contribution in [1.82, 2.24) is 0 Å². The van der Waals surface area contributed by atoms with Crippen LogP contribution < -0.4 is 9.64 Å². The van der Waals surface area contributed by atoms with E-state index in [2.05, 4.69) is 49.6 Å². The molecule has 0 saturated carbocycles. The summed E-state index contributed by atoms with van der Waals surface area (Å²) >= 11 is 1.53. The van der Waals surface area contributed by atoms with Gasteiger partial charge in [0.1, 0.15) is 5.75 Å². The molecule has 0 amide bonds. The molecule has 0 bridgehead atoms. The summed E-state index contributed by atoms with van der Waals surface area (Å²) in [6.45, 7) is 12.4. The van der Waals surface area contributed by atoms with Crippen molar-refractivity contribution in [2.24, 2.45) is 0 Å². The lowest BCUT2D eigenvalue weighted by Gasteiger charge is -2.25. The Morgan fingerprint density at radius 2 is 1.87 bits per heavy atom. The third-order valence-corrected chi connectivity index (χ3v) is 4.99. The molecule has 1 aromatic rings. The second kappa shape index (κ2) is 18.6. The van der Waals surface area contributed by atoms with E-state index in [1.165, 1.54) is 49.2 Å². The van der Waals surface area contributed by atoms with E-state index in [1.54, 1.807) is 13.2 Å². The zero-order chi connectivity index (χ0) is 22.6. The summed E-state index contributed by atoms with van der Waals surface area (Å²) < 4.78 is 5.57. The molecule has 0 fully saturated rings. The molecule has 3 nitrogen and oxygen atoms in total. The molecule has 0 aliphatic rings. The predicted molar refractivity (Wildman–Crippen MR) is 136 cm³/mol. The van der Waals surface area contributed by atoms with Crippen LogP contribution in [0.3, 0.4) is 0 Å². The first kappa shape index (κ1) is 27.6. The molecular formula is C26H38N2OS. The Morgan fingerprint density at radius 1 is 1.20 bits per heavy atom. The van der Waals surface area contributed by atoms with Crippen molar-refractivity contribution in [1.29, 1.82) is 5.26 Å². The fourth-order valence-electron chi connectivity index (χ4n) is 2.57. The normalized spacial score (nSPS) is 10.8. The molecule has 1 aromatic carbocycles. The van der Waals surface area contributed by atoms with Crippen LogP contribution in [0, 0.1) is 11.3 Å². The largest absolute Gasteiger partial charge is 0.496 e. The molecule has 4 heteroatoms. The van der Waals surface area contributed by atoms with Gasteiger partial charge in [-0.2, -0.15) is 5.26 Å². The lowest BCUT2D eigenvalue weighted by atomic mass is 10.1. The number of hydrogen-bond acceptors (Lipinski definition) is 4. The van der Waals surface area contributed by atoms with Crippen molar-refractivity contribution in [2.75, 3.05) is 31.4 Å². The van der Waals surface area contributed by atoms with Crippen LogP contribution in [0.15, 0.2) is 60.1 Å². The van der Waals surface area contributed by atoms with Gasteiger partial charge in [0.15, 0.2) is 0 Å². The van der Waals surface area contributed by atoms with Gasteiger partial charge in [0.25, 0.3) is 0 Å². The van der Waals surface area contributed by atoms with E-state index in [0.29, 0.717) is 0 Å². The fraction of sp³-hybridized carbons (Fsp3) is 0.423. The van der Waals surface area contributed by atoms with Crippen LogP contribution in [0.4, 0.5) is 5.69 Å². The van der Waals surface area contributed by atoms with Crippen LogP contribution in [0.5, 0.6) is 5.75 Å². The average molecular weight is 427 g/mol. The third kappa shape index (κ3) is 12.2. The highest BCUT2D eigenvalue weighted by Gasteiger charge is 2.09. The molecule has 30 heavy (non-hydrogen) atoms. The SMILES string of the molecule is C/C=C/C=C/c1ccc(N(CCCC)CCCC)cc1OC.C=C(/C=C/C#N)SC. The second-order valence-corrected chi connectivity index (χ2v) is 7.57. The lowest BCUT2D eigenvalue weighted by Crippen LogP contribution is -2.25. The van der Waals surface area contributed by atoms with E-state index < -0.39 is 0 Å². The summed E-state index contributed by atoms with van der Waals surface area (Å²) in [5.41, 5.74) is 2.39. The van der Waals surface area contributed by atoms with Crippen LogP contribution >= 0.6 is 11.8 Å². The van der Waals surface area contributed by atoms with Crippen molar-refractivity contribution in [3.8, 4) is 11.8 Å². The average Bonchev–Trinajstić information content (AvgIpc) is 2.78. The van der Waals surface area contributed by atoms with Crippen molar-refractivity contribution >= 4 is 23.5 Å². The van der Waals surface area contributed by atoms with E-state index >= 15 is 0 Å². The number of ether oxygens (including phenoxy) is 1. The minimum Gasteiger partial charge on any atom is -0.496 e. The van der Waals surface area contributed by atoms with Gasteiger partial charge in [-0.3, -0.25) is 0 Å². The van der Waals surface area contributed by atoms with Gasteiger partial charge in [-0.15, -0.1) is 11.8 Å². The number of anilines is 1. The molecule has 0 aliphatic heterocycles. The number of nitriles is 1. The highest BCUT2D eigenvalue weighted by molar-refractivity contribution is 8.02. The van der Waals surface area contributed by atoms with Gasteiger partial charge in [-0.1, -0.05) is 57.6 Å². The maximum Gasteiger partial charge on any atom is 0.128 e. The van der Waals surface area contributed by atoms with E-state index in [0.717, 1.165) is 29.3 Å². The molecule has 0 aliphatic carbocycles. The van der Waals surface area contributed by atoms with Crippen LogP contribution in [-0.4, -0.2) is 26.5 Å². The minimum atomic E-state index is 0.909. The van der Waals surface area contributed by atoms with Gasteiger partial charge in [-0.25, -0.2) is 0 Å². The van der Waals surface area contributed by atoms with Crippen LogP contribution in [0.1, 0.15) is 52.0 Å². The standard InChI is InChI=1S/C20H31NO.C6H7NS/c1-5-8-11-12-18-13-14-19(17-20(18)22-4)21(15-9-6-2)16-10-7-3;1-6(8-2)4-3-5-7/h5,8,11-14,17H,6-7,9-10,15-16H2,1-4H3;3-4H,1H2,2H3/b8-5+,12-11+;4-3+. The molecule has 0 N–H and O–H groups in total. The maximum absolute atomic E-state index is 8.02. The zero-order valence-electron chi connectivity index (χ0n) is 19.4. The van der Waals surface area contributed by atoms with E-state index in [-0.39, 0.29) is 0 Å². The van der Waals surface area contributed by atoms with E-state index in [4.69, 9.17) is 10.00 Å². The van der Waals surface area contributed by atoms with Crippen molar-refractivity contribution in [3.05, 3.63) is 65.6 Å². The van der Waals surface area contributed by atoms with Crippen molar-refractivity contribution in [3.63, 3.8) is 0 Å². The fourth-order valence-corrected chi connectivity index (χ4v) is 2.77. The van der Waals surface area contributed by atoms with Gasteiger partial charge in [-0.05, 0) is 44.2 Å². The molecule has 0 heterocycles. The Kier molecular flexibility index (Phi) is 17.2. The minimum absolute atomic E-state index is 0.909. The summed E-state index contributed by atoms with van der Waals surface area (Å²) in [6, 6.07) is 8.41. The zero-order valence-corrected chi connectivity index (χ0v) is 20.2. The third-order valence-electron chi connectivity index (χ3n) is 4.33. The first-order valence-electron chi connectivity index (χ1n) is 10.6. The van der Waals surface area contributed by atoms with Gasteiger partial charge in [0.2, 0.25) is 0 Å². The molecule has 0 saturated heterocycles. The molecule has 0 aromatic heterocycles. The van der Waals surface area contributed by atoms with Gasteiger partial charge >= 0.3 is 0 Å². The van der Waals surface area contributed by atoms with Crippen LogP contribution in [-0.2, 0) is 0 Å². The number of unbranched alkanes of at least 4 members (excludes halogenated alkanes) is 2. The quantitative estimate of drug-likeness (QED) is 0.254. The highest BCUT2D eigenvalue weighted by atomic mass is 32.2. The predicted octanol–water partition coefficient (Wildman–Crippen LogP) is 7.63. The molecule has 1 rings (SSSR count).